The van der Waals surface area contributed by atoms with Crippen molar-refractivity contribution in [3.05, 3.63) is 28.8 Å². The van der Waals surface area contributed by atoms with Crippen molar-refractivity contribution in [2.45, 2.75) is 39.2 Å². The third-order valence-corrected chi connectivity index (χ3v) is 3.20. The highest BCUT2D eigenvalue weighted by molar-refractivity contribution is 6.31. The minimum absolute atomic E-state index is 0.160. The summed E-state index contributed by atoms with van der Waals surface area (Å²) in [6.45, 7) is 4.18. The molecule has 0 fully saturated rings. The largest absolute Gasteiger partial charge is 0.449 e. The highest BCUT2D eigenvalue weighted by Crippen LogP contribution is 2.19. The van der Waals surface area contributed by atoms with E-state index in [1.165, 1.54) is 19.1 Å². The molecule has 0 aliphatic rings. The number of esters is 1. The second-order valence-electron chi connectivity index (χ2n) is 4.78. The lowest BCUT2D eigenvalue weighted by Gasteiger charge is -2.14. The number of rotatable bonds is 7. The van der Waals surface area contributed by atoms with Crippen LogP contribution in [0.2, 0.25) is 5.02 Å². The van der Waals surface area contributed by atoms with Gasteiger partial charge in [0.25, 0.3) is 5.91 Å². The number of nitrogen functional groups attached to an aromatic ring is 1. The Balaban J connectivity index is 2.53. The Morgan fingerprint density at radius 1 is 1.38 bits per heavy atom. The number of hydrogen-bond donors (Lipinski definition) is 2. The molecule has 0 aliphatic heterocycles. The van der Waals surface area contributed by atoms with Crippen LogP contribution >= 0.6 is 11.6 Å². The summed E-state index contributed by atoms with van der Waals surface area (Å²) < 4.78 is 5.10. The number of carbonyl (C=O) groups is 2. The van der Waals surface area contributed by atoms with E-state index in [9.17, 15) is 9.59 Å². The van der Waals surface area contributed by atoms with Crippen molar-refractivity contribution in [2.75, 3.05) is 12.3 Å². The summed E-state index contributed by atoms with van der Waals surface area (Å²) in [5.41, 5.74) is 6.12. The van der Waals surface area contributed by atoms with E-state index in [1.807, 2.05) is 0 Å². The Morgan fingerprint density at radius 2 is 2.10 bits per heavy atom. The number of halogens is 1. The van der Waals surface area contributed by atoms with Gasteiger partial charge in [-0.15, -0.1) is 0 Å². The van der Waals surface area contributed by atoms with Gasteiger partial charge in [0, 0.05) is 17.3 Å². The molecule has 0 radical (unpaired) electrons. The zero-order valence-corrected chi connectivity index (χ0v) is 13.1. The second-order valence-corrected chi connectivity index (χ2v) is 5.21. The van der Waals surface area contributed by atoms with Gasteiger partial charge in [0.15, 0.2) is 6.10 Å². The molecule has 1 rings (SSSR count). The van der Waals surface area contributed by atoms with Crippen molar-refractivity contribution in [3.63, 3.8) is 0 Å². The van der Waals surface area contributed by atoms with Gasteiger partial charge >= 0.3 is 5.97 Å². The number of hydrogen-bond acceptors (Lipinski definition) is 4. The minimum Gasteiger partial charge on any atom is -0.449 e. The molecular weight excluding hydrogens is 292 g/mol. The van der Waals surface area contributed by atoms with Gasteiger partial charge in [-0.25, -0.2) is 4.79 Å². The Morgan fingerprint density at radius 3 is 2.76 bits per heavy atom. The normalized spacial score (nSPS) is 11.8. The molecule has 0 aromatic heterocycles. The van der Waals surface area contributed by atoms with E-state index in [2.05, 4.69) is 12.2 Å². The first kappa shape index (κ1) is 17.3. The molecule has 0 saturated carbocycles. The molecule has 116 valence electrons. The van der Waals surface area contributed by atoms with E-state index in [1.54, 1.807) is 6.07 Å². The minimum atomic E-state index is -0.877. The van der Waals surface area contributed by atoms with Crippen LogP contribution in [0.25, 0.3) is 0 Å². The molecule has 0 aliphatic carbocycles. The molecule has 0 spiro atoms. The van der Waals surface area contributed by atoms with E-state index in [-0.39, 0.29) is 17.2 Å². The maximum atomic E-state index is 12.0. The van der Waals surface area contributed by atoms with Crippen LogP contribution in [0, 0.1) is 0 Å². The summed E-state index contributed by atoms with van der Waals surface area (Å²) >= 11 is 5.82. The van der Waals surface area contributed by atoms with Crippen LogP contribution in [-0.2, 0) is 9.53 Å². The topological polar surface area (TPSA) is 81.4 Å². The van der Waals surface area contributed by atoms with Crippen LogP contribution in [0.5, 0.6) is 0 Å². The number of carbonyl (C=O) groups excluding carboxylic acids is 2. The van der Waals surface area contributed by atoms with Gasteiger partial charge in [-0.3, -0.25) is 4.79 Å². The smallest absolute Gasteiger partial charge is 0.341 e. The fourth-order valence-corrected chi connectivity index (χ4v) is 1.89. The third-order valence-electron chi connectivity index (χ3n) is 2.97. The highest BCUT2D eigenvalue weighted by Gasteiger charge is 2.20. The quantitative estimate of drug-likeness (QED) is 0.461. The molecule has 3 N–H and O–H groups in total. The molecule has 1 aromatic rings. The van der Waals surface area contributed by atoms with Crippen molar-refractivity contribution < 1.29 is 14.3 Å². The molecule has 6 heteroatoms. The number of amides is 1. The first-order valence-corrected chi connectivity index (χ1v) is 7.37. The standard InChI is InChI=1S/C15H21ClN2O3/c1-3-4-5-8-18-14(19)10(2)21-15(20)12-9-11(16)6-7-13(12)17/h6-7,9-10H,3-5,8,17H2,1-2H3,(H,18,19). The zero-order chi connectivity index (χ0) is 15.8. The molecule has 5 nitrogen and oxygen atoms in total. The third kappa shape index (κ3) is 5.63. The van der Waals surface area contributed by atoms with E-state index in [0.717, 1.165) is 19.3 Å². The monoisotopic (exact) mass is 312 g/mol. The summed E-state index contributed by atoms with van der Waals surface area (Å²) in [7, 11) is 0. The van der Waals surface area contributed by atoms with Gasteiger partial charge in [-0.05, 0) is 31.5 Å². The van der Waals surface area contributed by atoms with E-state index in [0.29, 0.717) is 11.6 Å². The van der Waals surface area contributed by atoms with E-state index in [4.69, 9.17) is 22.1 Å². The predicted octanol–water partition coefficient (Wildman–Crippen LogP) is 2.77. The Labute approximate surface area is 129 Å². The van der Waals surface area contributed by atoms with E-state index >= 15 is 0 Å². The molecule has 0 heterocycles. The number of anilines is 1. The average Bonchev–Trinajstić information content (AvgIpc) is 2.45. The van der Waals surface area contributed by atoms with Crippen LogP contribution in [0.1, 0.15) is 43.5 Å². The van der Waals surface area contributed by atoms with Crippen LogP contribution < -0.4 is 11.1 Å². The maximum absolute atomic E-state index is 12.0. The van der Waals surface area contributed by atoms with Gasteiger partial charge < -0.3 is 15.8 Å². The van der Waals surface area contributed by atoms with Gasteiger partial charge in [0.2, 0.25) is 0 Å². The van der Waals surface area contributed by atoms with Gasteiger partial charge in [-0.2, -0.15) is 0 Å². The van der Waals surface area contributed by atoms with Gasteiger partial charge in [0.05, 0.1) is 5.56 Å². The van der Waals surface area contributed by atoms with Crippen molar-refractivity contribution in [1.82, 2.24) is 5.32 Å². The fraction of sp³-hybridized carbons (Fsp3) is 0.467. The number of benzene rings is 1. The average molecular weight is 313 g/mol. The zero-order valence-electron chi connectivity index (χ0n) is 12.3. The molecule has 1 atom stereocenters. The maximum Gasteiger partial charge on any atom is 0.341 e. The molecule has 1 aromatic carbocycles. The predicted molar refractivity (Wildman–Crippen MR) is 83.3 cm³/mol. The van der Waals surface area contributed by atoms with Crippen LogP contribution in [0.15, 0.2) is 18.2 Å². The first-order valence-electron chi connectivity index (χ1n) is 6.99. The molecule has 1 amide bonds. The molecule has 0 bridgehead atoms. The SMILES string of the molecule is CCCCCNC(=O)C(C)OC(=O)c1cc(Cl)ccc1N. The Hall–Kier alpha value is -1.75. The van der Waals surface area contributed by atoms with Crippen LogP contribution in [0.4, 0.5) is 5.69 Å². The summed E-state index contributed by atoms with van der Waals surface area (Å²) in [4.78, 5) is 23.7. The van der Waals surface area contributed by atoms with Gasteiger partial charge in [0.1, 0.15) is 0 Å². The van der Waals surface area contributed by atoms with E-state index < -0.39 is 12.1 Å². The van der Waals surface area contributed by atoms with Crippen LogP contribution in [0.3, 0.4) is 0 Å². The van der Waals surface area contributed by atoms with Crippen molar-refractivity contribution >= 4 is 29.2 Å². The number of unbranched alkanes of at least 4 members (excludes halogenated alkanes) is 2. The lowest BCUT2D eigenvalue weighted by atomic mass is 10.2. The lowest BCUT2D eigenvalue weighted by molar-refractivity contribution is -0.129. The van der Waals surface area contributed by atoms with Gasteiger partial charge in [-0.1, -0.05) is 31.4 Å². The Bertz CT molecular complexity index is 506. The number of nitrogens with two attached hydrogens (primary N) is 1. The molecule has 1 unspecified atom stereocenters. The first-order chi connectivity index (χ1) is 9.95. The fourth-order valence-electron chi connectivity index (χ4n) is 1.71. The number of ether oxygens (including phenoxy) is 1. The summed E-state index contributed by atoms with van der Waals surface area (Å²) in [6, 6.07) is 4.52. The summed E-state index contributed by atoms with van der Waals surface area (Å²) in [6.07, 6.45) is 2.16. The lowest BCUT2D eigenvalue weighted by Crippen LogP contribution is -2.36. The van der Waals surface area contributed by atoms with Crippen molar-refractivity contribution in [1.29, 1.82) is 0 Å². The van der Waals surface area contributed by atoms with Crippen molar-refractivity contribution in [3.8, 4) is 0 Å². The van der Waals surface area contributed by atoms with Crippen molar-refractivity contribution in [2.24, 2.45) is 0 Å². The molecule has 0 saturated heterocycles. The summed E-state index contributed by atoms with van der Waals surface area (Å²) in [5, 5.41) is 3.11. The highest BCUT2D eigenvalue weighted by atomic mass is 35.5. The molecular formula is C15H21ClN2O3. The second kappa shape index (κ2) is 8.52. The summed E-state index contributed by atoms with van der Waals surface area (Å²) in [5.74, 6) is -0.980. The number of nitrogens with one attached hydrogen (secondary N) is 1. The molecule has 21 heavy (non-hydrogen) atoms. The Kier molecular flexibility index (Phi) is 7.02. The van der Waals surface area contributed by atoms with Crippen LogP contribution in [-0.4, -0.2) is 24.5 Å².